The molecule has 1 N–H and O–H groups in total. The molecule has 24 heavy (non-hydrogen) atoms. The second-order valence-electron chi connectivity index (χ2n) is 6.06. The number of nitrogens with one attached hydrogen (secondary N) is 1. The number of rotatable bonds is 3. The molecule has 122 valence electrons. The largest absolute Gasteiger partial charge is 0.345 e. The second kappa shape index (κ2) is 6.41. The van der Waals surface area contributed by atoms with Gasteiger partial charge in [0.2, 0.25) is 0 Å². The van der Waals surface area contributed by atoms with Gasteiger partial charge in [-0.25, -0.2) is 4.98 Å². The first-order valence-corrected chi connectivity index (χ1v) is 8.13. The molecule has 3 aromatic rings. The molecule has 1 aromatic carbocycles. The molecule has 0 aliphatic carbocycles. The van der Waals surface area contributed by atoms with E-state index in [1.54, 1.807) is 24.8 Å². The highest BCUT2D eigenvalue weighted by molar-refractivity contribution is 5.93. The van der Waals surface area contributed by atoms with Gasteiger partial charge in [0.25, 0.3) is 5.91 Å². The number of benzene rings is 1. The predicted octanol–water partition coefficient (Wildman–Crippen LogP) is 1.92. The lowest BCUT2D eigenvalue weighted by atomic mass is 10.1. The number of aromatic nitrogens is 3. The maximum Gasteiger partial charge on any atom is 0.255 e. The lowest BCUT2D eigenvalue weighted by molar-refractivity contribution is 0.0628. The monoisotopic (exact) mass is 321 g/mol. The van der Waals surface area contributed by atoms with Crippen LogP contribution < -0.4 is 0 Å². The van der Waals surface area contributed by atoms with Crippen LogP contribution in [-0.2, 0) is 6.54 Å². The Bertz CT molecular complexity index is 837. The van der Waals surface area contributed by atoms with Crippen molar-refractivity contribution in [2.75, 3.05) is 26.2 Å². The highest BCUT2D eigenvalue weighted by Crippen LogP contribution is 2.15. The molecule has 1 saturated heterocycles. The maximum absolute atomic E-state index is 12.4. The number of H-pyrrole nitrogens is 1. The molecule has 0 bridgehead atoms. The molecule has 1 amide bonds. The Morgan fingerprint density at radius 2 is 2.04 bits per heavy atom. The summed E-state index contributed by atoms with van der Waals surface area (Å²) in [5.41, 5.74) is 3.98. The molecule has 3 heterocycles. The molecule has 6 nitrogen and oxygen atoms in total. The molecule has 6 heteroatoms. The first-order chi connectivity index (χ1) is 11.8. The normalized spacial score (nSPS) is 15.8. The van der Waals surface area contributed by atoms with E-state index >= 15 is 0 Å². The molecular weight excluding hydrogens is 302 g/mol. The van der Waals surface area contributed by atoms with Crippen LogP contribution in [0.2, 0.25) is 0 Å². The Kier molecular flexibility index (Phi) is 3.96. The van der Waals surface area contributed by atoms with E-state index < -0.39 is 0 Å². The number of imidazole rings is 1. The highest BCUT2D eigenvalue weighted by atomic mass is 16.2. The van der Waals surface area contributed by atoms with E-state index in [1.807, 2.05) is 17.0 Å². The third-order valence-electron chi connectivity index (χ3n) is 4.46. The minimum Gasteiger partial charge on any atom is -0.345 e. The summed E-state index contributed by atoms with van der Waals surface area (Å²) in [7, 11) is 0. The molecule has 1 fully saturated rings. The van der Waals surface area contributed by atoms with Crippen LogP contribution in [0.5, 0.6) is 0 Å². The summed E-state index contributed by atoms with van der Waals surface area (Å²) >= 11 is 0. The molecule has 0 spiro atoms. The van der Waals surface area contributed by atoms with Crippen molar-refractivity contribution in [2.45, 2.75) is 6.54 Å². The van der Waals surface area contributed by atoms with Crippen molar-refractivity contribution >= 4 is 16.9 Å². The fraction of sp³-hybridized carbons (Fsp3) is 0.278. The number of hydrogen-bond donors (Lipinski definition) is 1. The first-order valence-electron chi connectivity index (χ1n) is 8.13. The molecule has 0 radical (unpaired) electrons. The van der Waals surface area contributed by atoms with Gasteiger partial charge in [-0.3, -0.25) is 14.7 Å². The highest BCUT2D eigenvalue weighted by Gasteiger charge is 2.22. The summed E-state index contributed by atoms with van der Waals surface area (Å²) in [6.07, 6.45) is 5.04. The lowest BCUT2D eigenvalue weighted by Crippen LogP contribution is -2.48. The summed E-state index contributed by atoms with van der Waals surface area (Å²) in [5.74, 6) is 0.0710. The van der Waals surface area contributed by atoms with Crippen LogP contribution in [0.3, 0.4) is 0 Å². The number of piperazine rings is 1. The Morgan fingerprint density at radius 3 is 2.83 bits per heavy atom. The molecule has 1 aliphatic heterocycles. The average molecular weight is 321 g/mol. The van der Waals surface area contributed by atoms with Crippen molar-refractivity contribution in [1.82, 2.24) is 24.8 Å². The maximum atomic E-state index is 12.4. The number of pyridine rings is 1. The number of carbonyl (C=O) groups is 1. The van der Waals surface area contributed by atoms with Crippen molar-refractivity contribution in [3.8, 4) is 0 Å². The van der Waals surface area contributed by atoms with Crippen LogP contribution in [0.25, 0.3) is 11.0 Å². The molecular formula is C18H19N5O. The fourth-order valence-corrected chi connectivity index (χ4v) is 3.12. The van der Waals surface area contributed by atoms with Crippen molar-refractivity contribution < 1.29 is 4.79 Å². The number of hydrogen-bond acceptors (Lipinski definition) is 4. The Hall–Kier alpha value is -2.73. The number of carbonyl (C=O) groups excluding carboxylic acids is 1. The zero-order chi connectivity index (χ0) is 16.4. The smallest absolute Gasteiger partial charge is 0.255 e. The van der Waals surface area contributed by atoms with Gasteiger partial charge in [-0.2, -0.15) is 0 Å². The van der Waals surface area contributed by atoms with Crippen LogP contribution in [0.4, 0.5) is 0 Å². The van der Waals surface area contributed by atoms with Gasteiger partial charge in [0.1, 0.15) is 0 Å². The van der Waals surface area contributed by atoms with Gasteiger partial charge in [0.15, 0.2) is 0 Å². The Labute approximate surface area is 140 Å². The number of aromatic amines is 1. The molecule has 0 unspecified atom stereocenters. The number of nitrogens with zero attached hydrogens (tertiary/aromatic N) is 4. The minimum absolute atomic E-state index is 0.0710. The van der Waals surface area contributed by atoms with E-state index in [0.717, 1.165) is 43.8 Å². The number of fused-ring (bicyclic) bond motifs is 1. The summed E-state index contributed by atoms with van der Waals surface area (Å²) in [6, 6.07) is 9.94. The third kappa shape index (κ3) is 3.00. The fourth-order valence-electron chi connectivity index (χ4n) is 3.12. The minimum atomic E-state index is 0.0710. The SMILES string of the molecule is O=C(c1cccnc1)N1CCN(Cc2ccc3nc[nH]c3c2)CC1. The molecule has 1 aliphatic rings. The zero-order valence-electron chi connectivity index (χ0n) is 13.4. The van der Waals surface area contributed by atoms with Gasteiger partial charge >= 0.3 is 0 Å². The van der Waals surface area contributed by atoms with E-state index in [1.165, 1.54) is 5.56 Å². The lowest BCUT2D eigenvalue weighted by Gasteiger charge is -2.34. The van der Waals surface area contributed by atoms with E-state index in [4.69, 9.17) is 0 Å². The van der Waals surface area contributed by atoms with Gasteiger partial charge in [-0.1, -0.05) is 6.07 Å². The Morgan fingerprint density at radius 1 is 1.17 bits per heavy atom. The van der Waals surface area contributed by atoms with Gasteiger partial charge in [-0.05, 0) is 29.8 Å². The molecule has 0 saturated carbocycles. The van der Waals surface area contributed by atoms with Gasteiger partial charge < -0.3 is 9.88 Å². The predicted molar refractivity (Wildman–Crippen MR) is 91.5 cm³/mol. The van der Waals surface area contributed by atoms with E-state index in [2.05, 4.69) is 32.0 Å². The molecule has 2 aromatic heterocycles. The summed E-state index contributed by atoms with van der Waals surface area (Å²) < 4.78 is 0. The van der Waals surface area contributed by atoms with Crippen molar-refractivity contribution in [1.29, 1.82) is 0 Å². The number of amides is 1. The third-order valence-corrected chi connectivity index (χ3v) is 4.46. The molecule has 4 rings (SSSR count). The van der Waals surface area contributed by atoms with Crippen molar-refractivity contribution in [3.63, 3.8) is 0 Å². The van der Waals surface area contributed by atoms with Crippen LogP contribution in [-0.4, -0.2) is 56.8 Å². The quantitative estimate of drug-likeness (QED) is 0.800. The zero-order valence-corrected chi connectivity index (χ0v) is 13.4. The Balaban J connectivity index is 1.36. The van der Waals surface area contributed by atoms with Crippen molar-refractivity contribution in [2.24, 2.45) is 0 Å². The first kappa shape index (κ1) is 14.8. The van der Waals surface area contributed by atoms with Crippen LogP contribution >= 0.6 is 0 Å². The van der Waals surface area contributed by atoms with Gasteiger partial charge in [-0.15, -0.1) is 0 Å². The van der Waals surface area contributed by atoms with Crippen LogP contribution in [0, 0.1) is 0 Å². The summed E-state index contributed by atoms with van der Waals surface area (Å²) in [5, 5.41) is 0. The topological polar surface area (TPSA) is 65.1 Å². The van der Waals surface area contributed by atoms with Crippen LogP contribution in [0.15, 0.2) is 49.1 Å². The summed E-state index contributed by atoms with van der Waals surface area (Å²) in [6.45, 7) is 4.16. The van der Waals surface area contributed by atoms with E-state index in [0.29, 0.717) is 5.56 Å². The average Bonchev–Trinajstić information content (AvgIpc) is 3.10. The van der Waals surface area contributed by atoms with Crippen molar-refractivity contribution in [3.05, 3.63) is 60.2 Å². The van der Waals surface area contributed by atoms with Gasteiger partial charge in [0, 0.05) is 45.1 Å². The van der Waals surface area contributed by atoms with Crippen LogP contribution in [0.1, 0.15) is 15.9 Å². The van der Waals surface area contributed by atoms with E-state index in [-0.39, 0.29) is 5.91 Å². The second-order valence-corrected chi connectivity index (χ2v) is 6.06. The molecule has 0 atom stereocenters. The standard InChI is InChI=1S/C18H19N5O/c24-18(15-2-1-5-19-11-15)23-8-6-22(7-9-23)12-14-3-4-16-17(10-14)21-13-20-16/h1-5,10-11,13H,6-9,12H2,(H,20,21). The van der Waals surface area contributed by atoms with Gasteiger partial charge in [0.05, 0.1) is 22.9 Å². The summed E-state index contributed by atoms with van der Waals surface area (Å²) in [4.78, 5) is 28.1. The van der Waals surface area contributed by atoms with E-state index in [9.17, 15) is 4.79 Å².